The molecule has 98 valence electrons. The summed E-state index contributed by atoms with van der Waals surface area (Å²) in [5.74, 6) is 6.31. The average Bonchev–Trinajstić information content (AvgIpc) is 2.45. The van der Waals surface area contributed by atoms with Crippen LogP contribution in [0.15, 0.2) is 36.4 Å². The highest BCUT2D eigenvalue weighted by atomic mass is 16.1. The van der Waals surface area contributed by atoms with Crippen LogP contribution in [0.3, 0.4) is 0 Å². The van der Waals surface area contributed by atoms with E-state index in [9.17, 15) is 4.79 Å². The van der Waals surface area contributed by atoms with E-state index in [-0.39, 0.29) is 6.54 Å². The van der Waals surface area contributed by atoms with Gasteiger partial charge in [0.15, 0.2) is 5.82 Å². The summed E-state index contributed by atoms with van der Waals surface area (Å²) in [5.41, 5.74) is 8.38. The minimum absolute atomic E-state index is 0.00471. The molecule has 0 saturated heterocycles. The van der Waals surface area contributed by atoms with Crippen LogP contribution in [0.5, 0.6) is 0 Å². The van der Waals surface area contributed by atoms with Crippen molar-refractivity contribution in [3.8, 4) is 11.4 Å². The maximum absolute atomic E-state index is 10.8. The van der Waals surface area contributed by atoms with E-state index in [2.05, 4.69) is 20.7 Å². The largest absolute Gasteiger partial charge is 0.368 e. The number of carbonyl (C=O) groups is 1. The van der Waals surface area contributed by atoms with Crippen LogP contribution in [-0.2, 0) is 4.79 Å². The Kier molecular flexibility index (Phi) is 3.89. The highest BCUT2D eigenvalue weighted by Gasteiger charge is 2.06. The Morgan fingerprint density at radius 1 is 1.16 bits per heavy atom. The molecule has 0 bridgehead atoms. The molecular weight excluding hydrogens is 244 g/mol. The fraction of sp³-hybridized carbons (Fsp3) is 0.0833. The highest BCUT2D eigenvalue weighted by molar-refractivity contribution is 5.78. The van der Waals surface area contributed by atoms with E-state index in [1.807, 2.05) is 30.3 Å². The minimum Gasteiger partial charge on any atom is -0.368 e. The van der Waals surface area contributed by atoms with Crippen LogP contribution in [0.4, 0.5) is 11.6 Å². The lowest BCUT2D eigenvalue weighted by Gasteiger charge is -2.08. The van der Waals surface area contributed by atoms with Crippen molar-refractivity contribution in [2.24, 2.45) is 11.6 Å². The first kappa shape index (κ1) is 12.8. The van der Waals surface area contributed by atoms with Crippen molar-refractivity contribution in [3.63, 3.8) is 0 Å². The molecule has 0 atom stereocenters. The Balaban J connectivity index is 2.33. The summed E-state index contributed by atoms with van der Waals surface area (Å²) in [5, 5.41) is 2.81. The number of nitrogen functional groups attached to an aromatic ring is 1. The van der Waals surface area contributed by atoms with Gasteiger partial charge in [-0.1, -0.05) is 30.3 Å². The average molecular weight is 258 g/mol. The van der Waals surface area contributed by atoms with Gasteiger partial charge in [0.1, 0.15) is 11.6 Å². The Morgan fingerprint density at radius 2 is 1.84 bits per heavy atom. The number of nitrogens with one attached hydrogen (secondary N) is 2. The molecular formula is C12H14N6O. The Labute approximate surface area is 110 Å². The van der Waals surface area contributed by atoms with Crippen LogP contribution >= 0.6 is 0 Å². The van der Waals surface area contributed by atoms with Crippen molar-refractivity contribution in [1.82, 2.24) is 9.97 Å². The highest BCUT2D eigenvalue weighted by Crippen LogP contribution is 2.19. The molecule has 1 aromatic carbocycles. The zero-order valence-electron chi connectivity index (χ0n) is 10.1. The van der Waals surface area contributed by atoms with Gasteiger partial charge in [-0.3, -0.25) is 4.79 Å². The third-order valence-electron chi connectivity index (χ3n) is 2.35. The topological polar surface area (TPSA) is 119 Å². The maximum Gasteiger partial charge on any atom is 0.236 e. The molecule has 0 fully saturated rings. The van der Waals surface area contributed by atoms with Crippen LogP contribution in [0.2, 0.25) is 0 Å². The lowest BCUT2D eigenvalue weighted by Crippen LogP contribution is -2.22. The Bertz CT molecular complexity index is 572. The normalized spacial score (nSPS) is 9.95. The number of amides is 1. The second kappa shape index (κ2) is 5.78. The maximum atomic E-state index is 10.8. The third kappa shape index (κ3) is 3.39. The molecule has 2 aromatic rings. The molecule has 0 aliphatic heterocycles. The van der Waals surface area contributed by atoms with Gasteiger partial charge in [0.25, 0.3) is 0 Å². The second-order valence-electron chi connectivity index (χ2n) is 3.79. The van der Waals surface area contributed by atoms with Crippen molar-refractivity contribution < 1.29 is 4.79 Å². The number of carbonyl (C=O) groups excluding carboxylic acids is 1. The molecule has 6 N–H and O–H groups in total. The van der Waals surface area contributed by atoms with E-state index in [1.165, 1.54) is 0 Å². The van der Waals surface area contributed by atoms with E-state index in [4.69, 9.17) is 11.6 Å². The van der Waals surface area contributed by atoms with Gasteiger partial charge < -0.3 is 16.5 Å². The van der Waals surface area contributed by atoms with Crippen molar-refractivity contribution in [1.29, 1.82) is 0 Å². The van der Waals surface area contributed by atoms with Gasteiger partial charge in [0, 0.05) is 11.6 Å². The van der Waals surface area contributed by atoms with E-state index in [0.29, 0.717) is 17.5 Å². The fourth-order valence-corrected chi connectivity index (χ4v) is 1.51. The lowest BCUT2D eigenvalue weighted by molar-refractivity contribution is -0.116. The van der Waals surface area contributed by atoms with Gasteiger partial charge in [-0.05, 0) is 0 Å². The van der Waals surface area contributed by atoms with Crippen LogP contribution in [0.25, 0.3) is 11.4 Å². The third-order valence-corrected chi connectivity index (χ3v) is 2.35. The fourth-order valence-electron chi connectivity index (χ4n) is 1.51. The molecule has 7 nitrogen and oxygen atoms in total. The number of aromatic nitrogens is 2. The molecule has 2 rings (SSSR count). The summed E-state index contributed by atoms with van der Waals surface area (Å²) < 4.78 is 0. The van der Waals surface area contributed by atoms with Crippen LogP contribution in [0.1, 0.15) is 0 Å². The van der Waals surface area contributed by atoms with E-state index < -0.39 is 5.91 Å². The summed E-state index contributed by atoms with van der Waals surface area (Å²) in [6, 6.07) is 11.0. The molecule has 19 heavy (non-hydrogen) atoms. The first-order valence-electron chi connectivity index (χ1n) is 5.62. The number of nitrogens with zero attached hydrogens (tertiary/aromatic N) is 2. The van der Waals surface area contributed by atoms with Crippen LogP contribution in [-0.4, -0.2) is 22.4 Å². The SMILES string of the molecule is NNc1cc(NCC(N)=O)nc(-c2ccccc2)n1. The van der Waals surface area contributed by atoms with Gasteiger partial charge in [-0.2, -0.15) is 0 Å². The van der Waals surface area contributed by atoms with Gasteiger partial charge in [-0.25, -0.2) is 15.8 Å². The summed E-state index contributed by atoms with van der Waals surface area (Å²) >= 11 is 0. The van der Waals surface area contributed by atoms with Crippen molar-refractivity contribution in [2.75, 3.05) is 17.3 Å². The number of hydrazine groups is 1. The van der Waals surface area contributed by atoms with E-state index >= 15 is 0 Å². The first-order chi connectivity index (χ1) is 9.19. The molecule has 0 saturated carbocycles. The summed E-state index contributed by atoms with van der Waals surface area (Å²) in [4.78, 5) is 19.3. The van der Waals surface area contributed by atoms with Gasteiger partial charge >= 0.3 is 0 Å². The molecule has 1 heterocycles. The van der Waals surface area contributed by atoms with Crippen molar-refractivity contribution >= 4 is 17.5 Å². The lowest BCUT2D eigenvalue weighted by atomic mass is 10.2. The minimum atomic E-state index is -0.470. The van der Waals surface area contributed by atoms with Gasteiger partial charge in [0.05, 0.1) is 6.54 Å². The van der Waals surface area contributed by atoms with Crippen molar-refractivity contribution in [3.05, 3.63) is 36.4 Å². The zero-order valence-corrected chi connectivity index (χ0v) is 10.1. The summed E-state index contributed by atoms with van der Waals surface area (Å²) in [6.45, 7) is -0.00471. The Morgan fingerprint density at radius 3 is 2.47 bits per heavy atom. The molecule has 0 radical (unpaired) electrons. The first-order valence-corrected chi connectivity index (χ1v) is 5.62. The predicted octanol–water partition coefficient (Wildman–Crippen LogP) is 0.326. The summed E-state index contributed by atoms with van der Waals surface area (Å²) in [7, 11) is 0. The van der Waals surface area contributed by atoms with Crippen molar-refractivity contribution in [2.45, 2.75) is 0 Å². The molecule has 0 unspecified atom stereocenters. The number of rotatable bonds is 5. The number of benzene rings is 1. The monoisotopic (exact) mass is 258 g/mol. The van der Waals surface area contributed by atoms with Gasteiger partial charge in [-0.15, -0.1) is 0 Å². The number of hydrogen-bond acceptors (Lipinski definition) is 6. The van der Waals surface area contributed by atoms with Gasteiger partial charge in [0.2, 0.25) is 5.91 Å². The molecule has 0 aliphatic carbocycles. The molecule has 0 aliphatic rings. The van der Waals surface area contributed by atoms with E-state index in [1.54, 1.807) is 6.07 Å². The standard InChI is InChI=1S/C12H14N6O/c13-9(19)7-15-10-6-11(18-14)17-12(16-10)8-4-2-1-3-5-8/h1-6H,7,14H2,(H2,13,19)(H2,15,16,17,18). The van der Waals surface area contributed by atoms with Crippen LogP contribution in [0, 0.1) is 0 Å². The number of hydrogen-bond donors (Lipinski definition) is 4. The number of nitrogens with two attached hydrogens (primary N) is 2. The quantitative estimate of drug-likeness (QED) is 0.453. The van der Waals surface area contributed by atoms with Crippen LogP contribution < -0.4 is 22.3 Å². The molecule has 7 heteroatoms. The number of primary amides is 1. The Hall–Kier alpha value is -2.67. The molecule has 0 spiro atoms. The van der Waals surface area contributed by atoms with E-state index in [0.717, 1.165) is 5.56 Å². The molecule has 1 aromatic heterocycles. The smallest absolute Gasteiger partial charge is 0.236 e. The predicted molar refractivity (Wildman–Crippen MR) is 73.0 cm³/mol. The summed E-state index contributed by atoms with van der Waals surface area (Å²) in [6.07, 6.45) is 0. The second-order valence-corrected chi connectivity index (χ2v) is 3.79. The zero-order chi connectivity index (χ0) is 13.7. The molecule has 1 amide bonds. The number of anilines is 2.